The molecular formula is C21H23BrN2O3. The van der Waals surface area contributed by atoms with Crippen LogP contribution in [0.5, 0.6) is 5.75 Å². The van der Waals surface area contributed by atoms with Gasteiger partial charge in [0.1, 0.15) is 5.75 Å². The molecule has 1 aliphatic rings. The fourth-order valence-electron chi connectivity index (χ4n) is 3.41. The highest BCUT2D eigenvalue weighted by molar-refractivity contribution is 9.10. The van der Waals surface area contributed by atoms with Crippen LogP contribution in [0.25, 0.3) is 0 Å². The van der Waals surface area contributed by atoms with Crippen molar-refractivity contribution < 1.29 is 14.3 Å². The van der Waals surface area contributed by atoms with Gasteiger partial charge in [-0.2, -0.15) is 0 Å². The molecule has 5 nitrogen and oxygen atoms in total. The Balaban J connectivity index is 1.64. The molecule has 0 radical (unpaired) electrons. The van der Waals surface area contributed by atoms with Crippen LogP contribution in [0.3, 0.4) is 0 Å². The Morgan fingerprint density at radius 3 is 2.70 bits per heavy atom. The van der Waals surface area contributed by atoms with E-state index >= 15 is 0 Å². The lowest BCUT2D eigenvalue weighted by Crippen LogP contribution is -2.34. The van der Waals surface area contributed by atoms with Gasteiger partial charge in [-0.05, 0) is 23.8 Å². The third kappa shape index (κ3) is 4.69. The summed E-state index contributed by atoms with van der Waals surface area (Å²) >= 11 is 3.46. The minimum atomic E-state index is -0.302. The second-order valence-electron chi connectivity index (χ2n) is 6.81. The summed E-state index contributed by atoms with van der Waals surface area (Å²) in [6.45, 7) is 1.45. The number of nitrogens with zero attached hydrogens (tertiary/aromatic N) is 2. The summed E-state index contributed by atoms with van der Waals surface area (Å²) in [6, 6.07) is 15.6. The van der Waals surface area contributed by atoms with E-state index in [9.17, 15) is 9.59 Å². The molecule has 0 saturated carbocycles. The molecule has 142 valence electrons. The zero-order valence-corrected chi connectivity index (χ0v) is 17.1. The first-order chi connectivity index (χ1) is 13.0. The number of likely N-dealkylation sites (tertiary alicyclic amines) is 1. The van der Waals surface area contributed by atoms with Crippen molar-refractivity contribution in [2.24, 2.45) is 5.92 Å². The molecule has 1 atom stereocenters. The van der Waals surface area contributed by atoms with E-state index in [0.717, 1.165) is 21.3 Å². The molecule has 1 fully saturated rings. The molecule has 0 aliphatic carbocycles. The van der Waals surface area contributed by atoms with Gasteiger partial charge in [0.2, 0.25) is 11.8 Å². The molecule has 0 N–H and O–H groups in total. The van der Waals surface area contributed by atoms with Crippen molar-refractivity contribution in [3.05, 3.63) is 64.1 Å². The number of ether oxygens (including phenoxy) is 1. The largest absolute Gasteiger partial charge is 0.496 e. The molecule has 2 aromatic carbocycles. The van der Waals surface area contributed by atoms with Gasteiger partial charge < -0.3 is 14.5 Å². The maximum atomic E-state index is 12.9. The van der Waals surface area contributed by atoms with E-state index in [1.165, 1.54) is 0 Å². The van der Waals surface area contributed by atoms with Crippen LogP contribution in [0.2, 0.25) is 0 Å². The molecule has 1 aliphatic heterocycles. The summed E-state index contributed by atoms with van der Waals surface area (Å²) in [7, 11) is 3.39. The topological polar surface area (TPSA) is 49.9 Å². The van der Waals surface area contributed by atoms with Gasteiger partial charge in [-0.25, -0.2) is 0 Å². The summed E-state index contributed by atoms with van der Waals surface area (Å²) in [5.41, 5.74) is 2.00. The fourth-order valence-corrected chi connectivity index (χ4v) is 3.82. The molecule has 1 unspecified atom stereocenters. The monoisotopic (exact) mass is 430 g/mol. The van der Waals surface area contributed by atoms with Gasteiger partial charge in [-0.15, -0.1) is 0 Å². The number of hydrogen-bond donors (Lipinski definition) is 0. The smallest absolute Gasteiger partial charge is 0.228 e. The second-order valence-corrected chi connectivity index (χ2v) is 7.73. The lowest BCUT2D eigenvalue weighted by molar-refractivity contribution is -0.135. The van der Waals surface area contributed by atoms with E-state index in [2.05, 4.69) is 15.9 Å². The normalized spacial score (nSPS) is 16.5. The second kappa shape index (κ2) is 8.57. The van der Waals surface area contributed by atoms with Crippen molar-refractivity contribution in [2.75, 3.05) is 20.7 Å². The molecule has 3 rings (SSSR count). The number of halogens is 1. The number of rotatable bonds is 6. The van der Waals surface area contributed by atoms with E-state index in [1.807, 2.05) is 48.5 Å². The number of hydrogen-bond acceptors (Lipinski definition) is 3. The lowest BCUT2D eigenvalue weighted by atomic mass is 10.1. The third-order valence-corrected chi connectivity index (χ3v) is 5.30. The van der Waals surface area contributed by atoms with Crippen molar-refractivity contribution in [3.8, 4) is 5.75 Å². The van der Waals surface area contributed by atoms with Gasteiger partial charge >= 0.3 is 0 Å². The van der Waals surface area contributed by atoms with Crippen LogP contribution in [-0.4, -0.2) is 42.3 Å². The molecule has 1 heterocycles. The number of amides is 2. The van der Waals surface area contributed by atoms with E-state index < -0.39 is 0 Å². The van der Waals surface area contributed by atoms with Crippen molar-refractivity contribution in [3.63, 3.8) is 0 Å². The highest BCUT2D eigenvalue weighted by Crippen LogP contribution is 2.26. The van der Waals surface area contributed by atoms with Gasteiger partial charge in [0.15, 0.2) is 0 Å². The van der Waals surface area contributed by atoms with Gasteiger partial charge in [0.25, 0.3) is 0 Å². The van der Waals surface area contributed by atoms with Crippen LogP contribution in [0.1, 0.15) is 17.5 Å². The van der Waals surface area contributed by atoms with E-state index in [1.54, 1.807) is 24.0 Å². The Morgan fingerprint density at radius 2 is 2.00 bits per heavy atom. The average molecular weight is 431 g/mol. The van der Waals surface area contributed by atoms with Gasteiger partial charge in [-0.3, -0.25) is 9.59 Å². The van der Waals surface area contributed by atoms with Crippen molar-refractivity contribution >= 4 is 27.7 Å². The van der Waals surface area contributed by atoms with Crippen molar-refractivity contribution in [1.82, 2.24) is 9.80 Å². The maximum Gasteiger partial charge on any atom is 0.228 e. The quantitative estimate of drug-likeness (QED) is 0.704. The standard InChI is InChI=1S/C21H23BrN2O3/c1-23(13-16-10-18(22)8-9-19(16)27-2)21(26)17-11-20(25)24(14-17)12-15-6-4-3-5-7-15/h3-10,17H,11-14H2,1-2H3. The zero-order valence-electron chi connectivity index (χ0n) is 15.5. The van der Waals surface area contributed by atoms with Gasteiger partial charge in [0.05, 0.1) is 13.0 Å². The molecule has 0 spiro atoms. The van der Waals surface area contributed by atoms with E-state index in [4.69, 9.17) is 4.74 Å². The average Bonchev–Trinajstić information content (AvgIpc) is 3.02. The van der Waals surface area contributed by atoms with Crippen molar-refractivity contribution in [2.45, 2.75) is 19.5 Å². The third-order valence-electron chi connectivity index (χ3n) is 4.81. The van der Waals surface area contributed by atoms with Crippen LogP contribution < -0.4 is 4.74 Å². The molecule has 1 saturated heterocycles. The Bertz CT molecular complexity index is 825. The van der Waals surface area contributed by atoms with Crippen molar-refractivity contribution in [1.29, 1.82) is 0 Å². The van der Waals surface area contributed by atoms with Crippen LogP contribution in [0.15, 0.2) is 53.0 Å². The minimum absolute atomic E-state index is 0.0130. The highest BCUT2D eigenvalue weighted by atomic mass is 79.9. The van der Waals surface area contributed by atoms with Crippen LogP contribution in [0, 0.1) is 5.92 Å². The van der Waals surface area contributed by atoms with Gasteiger partial charge in [-0.1, -0.05) is 46.3 Å². The summed E-state index contributed by atoms with van der Waals surface area (Å²) in [5, 5.41) is 0. The Morgan fingerprint density at radius 1 is 1.26 bits per heavy atom. The first-order valence-electron chi connectivity index (χ1n) is 8.87. The van der Waals surface area contributed by atoms with Crippen LogP contribution >= 0.6 is 15.9 Å². The Labute approximate surface area is 168 Å². The SMILES string of the molecule is COc1ccc(Br)cc1CN(C)C(=O)C1CC(=O)N(Cc2ccccc2)C1. The van der Waals surface area contributed by atoms with E-state index in [-0.39, 0.29) is 24.2 Å². The Hall–Kier alpha value is -2.34. The van der Waals surface area contributed by atoms with Crippen LogP contribution in [-0.2, 0) is 22.7 Å². The predicted molar refractivity (Wildman–Crippen MR) is 107 cm³/mol. The molecule has 0 aromatic heterocycles. The molecule has 2 amide bonds. The summed E-state index contributed by atoms with van der Waals surface area (Å²) < 4.78 is 6.32. The minimum Gasteiger partial charge on any atom is -0.496 e. The van der Waals surface area contributed by atoms with Gasteiger partial charge in [0, 0.05) is 43.1 Å². The fraction of sp³-hybridized carbons (Fsp3) is 0.333. The molecule has 6 heteroatoms. The predicted octanol–water partition coefficient (Wildman–Crippen LogP) is 3.46. The first kappa shape index (κ1) is 19.4. The number of benzene rings is 2. The Kier molecular flexibility index (Phi) is 6.16. The molecule has 27 heavy (non-hydrogen) atoms. The van der Waals surface area contributed by atoms with Crippen LogP contribution in [0.4, 0.5) is 0 Å². The summed E-state index contributed by atoms with van der Waals surface area (Å²) in [5.74, 6) is 0.460. The number of carbonyl (C=O) groups excluding carboxylic acids is 2. The van der Waals surface area contributed by atoms with E-state index in [0.29, 0.717) is 19.6 Å². The molecule has 0 bridgehead atoms. The highest BCUT2D eigenvalue weighted by Gasteiger charge is 2.35. The molecule has 2 aromatic rings. The first-order valence-corrected chi connectivity index (χ1v) is 9.66. The maximum absolute atomic E-state index is 12.9. The number of methoxy groups -OCH3 is 1. The molecular weight excluding hydrogens is 408 g/mol. The zero-order chi connectivity index (χ0) is 19.4. The summed E-state index contributed by atoms with van der Waals surface area (Å²) in [4.78, 5) is 28.7. The number of carbonyl (C=O) groups is 2. The lowest BCUT2D eigenvalue weighted by Gasteiger charge is -2.22. The summed E-state index contributed by atoms with van der Waals surface area (Å²) in [6.07, 6.45) is 0.269.